The highest BCUT2D eigenvalue weighted by Gasteiger charge is 2.35. The van der Waals surface area contributed by atoms with Crippen LogP contribution in [0.1, 0.15) is 53.3 Å². The molecule has 2 fully saturated rings. The van der Waals surface area contributed by atoms with Crippen LogP contribution in [0.5, 0.6) is 0 Å². The molecule has 2 heterocycles. The Morgan fingerprint density at radius 3 is 2.65 bits per heavy atom. The molecule has 0 aliphatic heterocycles. The minimum Gasteiger partial charge on any atom is -0.393 e. The zero-order chi connectivity index (χ0) is 18.1. The Bertz CT molecular complexity index is 841. The Balaban J connectivity index is 1.49. The van der Waals surface area contributed by atoms with Crippen molar-refractivity contribution in [3.8, 4) is 0 Å². The number of pyridine rings is 1. The van der Waals surface area contributed by atoms with Gasteiger partial charge in [-0.25, -0.2) is 4.98 Å². The molecule has 2 aromatic rings. The van der Waals surface area contributed by atoms with Gasteiger partial charge in [-0.1, -0.05) is 0 Å². The number of H-pyrrole nitrogens is 1. The molecule has 3 N–H and O–H groups in total. The number of nitrogens with zero attached hydrogens (tertiary/aromatic N) is 2. The second-order valence-corrected chi connectivity index (χ2v) is 7.31. The van der Waals surface area contributed by atoms with Crippen LogP contribution in [0.2, 0.25) is 0 Å². The SMILES string of the molecule is O=C(N[C@@H](Cc1ccncc1)C1CC(O)C1)c1cnc(C2CC2)[nH]c1=O. The number of nitrogens with one attached hydrogen (secondary N) is 2. The maximum Gasteiger partial charge on any atom is 0.263 e. The molecular formula is C19H22N4O3. The van der Waals surface area contributed by atoms with Crippen LogP contribution in [0.15, 0.2) is 35.5 Å². The molecule has 26 heavy (non-hydrogen) atoms. The van der Waals surface area contributed by atoms with Crippen LogP contribution in [0.3, 0.4) is 0 Å². The van der Waals surface area contributed by atoms with E-state index >= 15 is 0 Å². The van der Waals surface area contributed by atoms with Crippen LogP contribution < -0.4 is 10.9 Å². The molecule has 1 atom stereocenters. The van der Waals surface area contributed by atoms with Gasteiger partial charge in [-0.2, -0.15) is 0 Å². The number of aliphatic hydroxyl groups excluding tert-OH is 1. The monoisotopic (exact) mass is 354 g/mol. The van der Waals surface area contributed by atoms with Gasteiger partial charge in [-0.05, 0) is 55.7 Å². The molecule has 1 amide bonds. The topological polar surface area (TPSA) is 108 Å². The van der Waals surface area contributed by atoms with Crippen molar-refractivity contribution in [3.63, 3.8) is 0 Å². The molecule has 0 aromatic carbocycles. The molecular weight excluding hydrogens is 332 g/mol. The summed E-state index contributed by atoms with van der Waals surface area (Å²) in [5, 5.41) is 12.6. The zero-order valence-corrected chi connectivity index (χ0v) is 14.4. The zero-order valence-electron chi connectivity index (χ0n) is 14.4. The number of aliphatic hydroxyl groups is 1. The Hall–Kier alpha value is -2.54. The Labute approximate surface area is 150 Å². The Morgan fingerprint density at radius 1 is 1.31 bits per heavy atom. The average Bonchev–Trinajstić information content (AvgIpc) is 3.44. The van der Waals surface area contributed by atoms with Crippen LogP contribution in [-0.4, -0.2) is 38.1 Å². The third-order valence-electron chi connectivity index (χ3n) is 5.27. The van der Waals surface area contributed by atoms with Crippen molar-refractivity contribution in [2.45, 2.75) is 50.2 Å². The van der Waals surface area contributed by atoms with E-state index in [-0.39, 0.29) is 23.6 Å². The maximum absolute atomic E-state index is 12.6. The van der Waals surface area contributed by atoms with Crippen LogP contribution >= 0.6 is 0 Å². The summed E-state index contributed by atoms with van der Waals surface area (Å²) >= 11 is 0. The molecule has 0 saturated heterocycles. The van der Waals surface area contributed by atoms with Gasteiger partial charge in [-0.15, -0.1) is 0 Å². The highest BCUT2D eigenvalue weighted by atomic mass is 16.3. The van der Waals surface area contributed by atoms with E-state index in [0.717, 1.165) is 18.4 Å². The first-order chi connectivity index (χ1) is 12.6. The quantitative estimate of drug-likeness (QED) is 0.721. The number of aromatic nitrogens is 3. The van der Waals surface area contributed by atoms with E-state index in [2.05, 4.69) is 20.3 Å². The lowest BCUT2D eigenvalue weighted by Crippen LogP contribution is -2.49. The largest absolute Gasteiger partial charge is 0.393 e. The minimum atomic E-state index is -0.415. The lowest BCUT2D eigenvalue weighted by molar-refractivity contribution is 0.0239. The fraction of sp³-hybridized carbons (Fsp3) is 0.474. The molecule has 0 spiro atoms. The molecule has 0 unspecified atom stereocenters. The first-order valence-electron chi connectivity index (χ1n) is 9.07. The summed E-state index contributed by atoms with van der Waals surface area (Å²) in [6.45, 7) is 0. The van der Waals surface area contributed by atoms with Crippen molar-refractivity contribution in [2.24, 2.45) is 5.92 Å². The lowest BCUT2D eigenvalue weighted by atomic mass is 9.75. The van der Waals surface area contributed by atoms with Gasteiger partial charge in [0, 0.05) is 30.6 Å². The molecule has 7 heteroatoms. The van der Waals surface area contributed by atoms with Crippen LogP contribution in [0.25, 0.3) is 0 Å². The number of hydrogen-bond acceptors (Lipinski definition) is 5. The summed E-state index contributed by atoms with van der Waals surface area (Å²) in [7, 11) is 0. The number of amides is 1. The van der Waals surface area contributed by atoms with Gasteiger partial charge in [0.25, 0.3) is 11.5 Å². The van der Waals surface area contributed by atoms with Crippen LogP contribution in [-0.2, 0) is 6.42 Å². The molecule has 0 bridgehead atoms. The average molecular weight is 354 g/mol. The standard InChI is InChI=1S/C19H22N4O3/c24-14-8-13(9-14)16(7-11-3-5-20-6-4-11)22-18(25)15-10-21-17(12-1-2-12)23-19(15)26/h3-6,10,12-14,16,24H,1-2,7-9H2,(H,22,25)(H,21,23,26)/t13?,14?,16-/m0/s1. The smallest absolute Gasteiger partial charge is 0.263 e. The summed E-state index contributed by atoms with van der Waals surface area (Å²) < 4.78 is 0. The third-order valence-corrected chi connectivity index (χ3v) is 5.27. The maximum atomic E-state index is 12.6. The van der Waals surface area contributed by atoms with Gasteiger partial charge in [-0.3, -0.25) is 14.6 Å². The molecule has 2 aliphatic rings. The number of carbonyl (C=O) groups is 1. The summed E-state index contributed by atoms with van der Waals surface area (Å²) in [4.78, 5) is 35.9. The van der Waals surface area contributed by atoms with E-state index in [0.29, 0.717) is 31.0 Å². The number of aromatic amines is 1. The summed E-state index contributed by atoms with van der Waals surface area (Å²) in [5.41, 5.74) is 0.701. The van der Waals surface area contributed by atoms with Gasteiger partial charge in [0.05, 0.1) is 6.10 Å². The van der Waals surface area contributed by atoms with Crippen LogP contribution in [0.4, 0.5) is 0 Å². The lowest BCUT2D eigenvalue weighted by Gasteiger charge is -2.38. The predicted octanol–water partition coefficient (Wildman–Crippen LogP) is 1.15. The fourth-order valence-corrected chi connectivity index (χ4v) is 3.45. The summed E-state index contributed by atoms with van der Waals surface area (Å²) in [6.07, 6.45) is 8.53. The van der Waals surface area contributed by atoms with Crippen molar-refractivity contribution in [1.29, 1.82) is 0 Å². The third kappa shape index (κ3) is 3.67. The molecule has 2 aromatic heterocycles. The van der Waals surface area contributed by atoms with E-state index in [1.807, 2.05) is 12.1 Å². The van der Waals surface area contributed by atoms with E-state index in [1.165, 1.54) is 6.20 Å². The van der Waals surface area contributed by atoms with Gasteiger partial charge in [0.1, 0.15) is 11.4 Å². The normalized spacial score (nSPS) is 23.1. The first kappa shape index (κ1) is 16.9. The highest BCUT2D eigenvalue weighted by Crippen LogP contribution is 2.37. The fourth-order valence-electron chi connectivity index (χ4n) is 3.45. The summed E-state index contributed by atoms with van der Waals surface area (Å²) in [5.74, 6) is 0.777. The van der Waals surface area contributed by atoms with E-state index in [9.17, 15) is 14.7 Å². The van der Waals surface area contributed by atoms with Crippen molar-refractivity contribution >= 4 is 5.91 Å². The van der Waals surface area contributed by atoms with Crippen LogP contribution in [0, 0.1) is 5.92 Å². The molecule has 7 nitrogen and oxygen atoms in total. The molecule has 2 aliphatic carbocycles. The number of carbonyl (C=O) groups excluding carboxylic acids is 1. The van der Waals surface area contributed by atoms with E-state index < -0.39 is 11.5 Å². The van der Waals surface area contributed by atoms with Gasteiger partial charge in [0.15, 0.2) is 0 Å². The van der Waals surface area contributed by atoms with E-state index in [4.69, 9.17) is 0 Å². The van der Waals surface area contributed by atoms with Crippen molar-refractivity contribution in [3.05, 3.63) is 58.0 Å². The van der Waals surface area contributed by atoms with Gasteiger partial charge in [0.2, 0.25) is 0 Å². The minimum absolute atomic E-state index is 0.0361. The van der Waals surface area contributed by atoms with Gasteiger partial charge < -0.3 is 15.4 Å². The number of rotatable bonds is 6. The van der Waals surface area contributed by atoms with E-state index in [1.54, 1.807) is 12.4 Å². The van der Waals surface area contributed by atoms with Gasteiger partial charge >= 0.3 is 0 Å². The Kier molecular flexibility index (Phi) is 4.55. The molecule has 0 radical (unpaired) electrons. The van der Waals surface area contributed by atoms with Crippen molar-refractivity contribution < 1.29 is 9.90 Å². The van der Waals surface area contributed by atoms with Crippen molar-refractivity contribution in [2.75, 3.05) is 0 Å². The second-order valence-electron chi connectivity index (χ2n) is 7.31. The second kappa shape index (κ2) is 6.99. The molecule has 2 saturated carbocycles. The summed E-state index contributed by atoms with van der Waals surface area (Å²) in [6, 6.07) is 3.68. The predicted molar refractivity (Wildman–Crippen MR) is 94.8 cm³/mol. The Morgan fingerprint density at radius 2 is 2.04 bits per heavy atom. The highest BCUT2D eigenvalue weighted by molar-refractivity contribution is 5.93. The first-order valence-corrected chi connectivity index (χ1v) is 9.07. The molecule has 4 rings (SSSR count). The number of hydrogen-bond donors (Lipinski definition) is 3. The van der Waals surface area contributed by atoms with Crippen molar-refractivity contribution in [1.82, 2.24) is 20.3 Å². The molecule has 136 valence electrons.